The van der Waals surface area contributed by atoms with Crippen LogP contribution in [0.3, 0.4) is 0 Å². The van der Waals surface area contributed by atoms with E-state index >= 15 is 0 Å². The van der Waals surface area contributed by atoms with Crippen LogP contribution in [0.1, 0.15) is 40.3 Å². The summed E-state index contributed by atoms with van der Waals surface area (Å²) in [6, 6.07) is 13.5. The molecule has 1 aromatic heterocycles. The van der Waals surface area contributed by atoms with Crippen LogP contribution in [0, 0.1) is 0 Å². The molecule has 0 spiro atoms. The lowest BCUT2D eigenvalue weighted by atomic mass is 10.2. The lowest BCUT2D eigenvalue weighted by Crippen LogP contribution is -2.30. The number of methoxy groups -OCH3 is 1. The number of furan rings is 1. The van der Waals surface area contributed by atoms with Gasteiger partial charge in [0, 0.05) is 18.7 Å². The molecular formula is C24H25N3O7S. The highest BCUT2D eigenvalue weighted by molar-refractivity contribution is 7.89. The number of ether oxygens (including phenoxy) is 2. The van der Waals surface area contributed by atoms with Gasteiger partial charge in [0.15, 0.2) is 11.5 Å². The number of rotatable bonds is 10. The van der Waals surface area contributed by atoms with Crippen molar-refractivity contribution in [3.8, 4) is 11.5 Å². The van der Waals surface area contributed by atoms with Crippen LogP contribution < -0.4 is 14.9 Å². The van der Waals surface area contributed by atoms with Gasteiger partial charge in [-0.15, -0.1) is 0 Å². The molecule has 0 aliphatic rings. The van der Waals surface area contributed by atoms with Gasteiger partial charge in [-0.25, -0.2) is 18.6 Å². The third-order valence-corrected chi connectivity index (χ3v) is 6.98. The SMILES string of the molecule is CCN(CC)S(=O)(=O)c1cccc(C(=O)N/N=C\c2ccc(OC(=O)c3ccco3)c(OC)c2)c1. The normalized spacial score (nSPS) is 11.5. The third-order valence-electron chi connectivity index (χ3n) is 4.93. The van der Waals surface area contributed by atoms with Crippen molar-refractivity contribution in [1.29, 1.82) is 0 Å². The monoisotopic (exact) mass is 499 g/mol. The maximum Gasteiger partial charge on any atom is 0.379 e. The molecule has 11 heteroatoms. The van der Waals surface area contributed by atoms with Crippen LogP contribution >= 0.6 is 0 Å². The molecule has 0 aliphatic heterocycles. The zero-order valence-corrected chi connectivity index (χ0v) is 20.2. The minimum Gasteiger partial charge on any atom is -0.493 e. The highest BCUT2D eigenvalue weighted by Gasteiger charge is 2.22. The average molecular weight is 500 g/mol. The van der Waals surface area contributed by atoms with Crippen molar-refractivity contribution in [2.75, 3.05) is 20.2 Å². The Balaban J connectivity index is 1.69. The van der Waals surface area contributed by atoms with Gasteiger partial charge in [-0.1, -0.05) is 19.9 Å². The molecule has 3 aromatic rings. The smallest absolute Gasteiger partial charge is 0.379 e. The minimum absolute atomic E-state index is 0.0299. The molecule has 184 valence electrons. The lowest BCUT2D eigenvalue weighted by Gasteiger charge is -2.18. The Labute approximate surface area is 203 Å². The quantitative estimate of drug-likeness (QED) is 0.196. The van der Waals surface area contributed by atoms with E-state index in [-0.39, 0.29) is 27.7 Å². The summed E-state index contributed by atoms with van der Waals surface area (Å²) in [4.78, 5) is 24.6. The van der Waals surface area contributed by atoms with Crippen molar-refractivity contribution in [2.45, 2.75) is 18.7 Å². The summed E-state index contributed by atoms with van der Waals surface area (Å²) in [5.41, 5.74) is 3.07. The standard InChI is InChI=1S/C24H25N3O7S/c1-4-27(5-2)35(30,31)19-9-6-8-18(15-19)23(28)26-25-16-17-11-12-20(22(14-17)32-3)34-24(29)21-10-7-13-33-21/h6-16H,4-5H2,1-3H3,(H,26,28)/b25-16-. The number of hydrogen-bond donors (Lipinski definition) is 1. The molecule has 0 aliphatic carbocycles. The molecule has 0 saturated heterocycles. The molecule has 0 fully saturated rings. The molecule has 0 radical (unpaired) electrons. The summed E-state index contributed by atoms with van der Waals surface area (Å²) >= 11 is 0. The number of hydrazone groups is 1. The summed E-state index contributed by atoms with van der Waals surface area (Å²) < 4.78 is 42.3. The fourth-order valence-electron chi connectivity index (χ4n) is 3.13. The number of nitrogens with zero attached hydrogens (tertiary/aromatic N) is 2. The van der Waals surface area contributed by atoms with Crippen LogP contribution in [0.25, 0.3) is 0 Å². The summed E-state index contributed by atoms with van der Waals surface area (Å²) in [7, 11) is -2.28. The first-order valence-electron chi connectivity index (χ1n) is 10.7. The number of nitrogens with one attached hydrogen (secondary N) is 1. The fraction of sp³-hybridized carbons (Fsp3) is 0.208. The molecule has 0 unspecified atom stereocenters. The van der Waals surface area contributed by atoms with E-state index in [0.29, 0.717) is 18.7 Å². The number of carbonyl (C=O) groups is 2. The van der Waals surface area contributed by atoms with Crippen molar-refractivity contribution in [3.63, 3.8) is 0 Å². The first-order chi connectivity index (χ1) is 16.8. The van der Waals surface area contributed by atoms with Crippen molar-refractivity contribution in [2.24, 2.45) is 5.10 Å². The molecule has 1 amide bonds. The number of hydrogen-bond acceptors (Lipinski definition) is 8. The van der Waals surface area contributed by atoms with E-state index in [1.54, 1.807) is 32.0 Å². The minimum atomic E-state index is -3.70. The third kappa shape index (κ3) is 6.14. The van der Waals surface area contributed by atoms with Gasteiger partial charge in [-0.3, -0.25) is 4.79 Å². The molecule has 3 rings (SSSR count). The van der Waals surface area contributed by atoms with Crippen LogP contribution in [0.5, 0.6) is 11.5 Å². The number of amides is 1. The number of carbonyl (C=O) groups excluding carboxylic acids is 2. The molecule has 35 heavy (non-hydrogen) atoms. The van der Waals surface area contributed by atoms with E-state index in [2.05, 4.69) is 10.5 Å². The second-order valence-electron chi connectivity index (χ2n) is 7.09. The molecule has 2 aromatic carbocycles. The first-order valence-corrected chi connectivity index (χ1v) is 12.1. The highest BCUT2D eigenvalue weighted by Crippen LogP contribution is 2.28. The Hall–Kier alpha value is -3.96. The Kier molecular flexibility index (Phi) is 8.39. The Morgan fingerprint density at radius 2 is 1.83 bits per heavy atom. The van der Waals surface area contributed by atoms with E-state index < -0.39 is 21.9 Å². The Bertz CT molecular complexity index is 1310. The van der Waals surface area contributed by atoms with Crippen molar-refractivity contribution in [3.05, 3.63) is 77.7 Å². The van der Waals surface area contributed by atoms with Crippen LogP contribution in [0.4, 0.5) is 0 Å². The topological polar surface area (TPSA) is 128 Å². The zero-order chi connectivity index (χ0) is 25.4. The van der Waals surface area contributed by atoms with Gasteiger partial charge in [-0.2, -0.15) is 9.41 Å². The van der Waals surface area contributed by atoms with Crippen molar-refractivity contribution in [1.82, 2.24) is 9.73 Å². The summed E-state index contributed by atoms with van der Waals surface area (Å²) in [5.74, 6) is -0.744. The predicted octanol–water partition coefficient (Wildman–Crippen LogP) is 3.30. The molecule has 1 heterocycles. The second-order valence-corrected chi connectivity index (χ2v) is 9.03. The first kappa shape index (κ1) is 25.7. The van der Waals surface area contributed by atoms with Gasteiger partial charge in [0.2, 0.25) is 15.8 Å². The van der Waals surface area contributed by atoms with Crippen molar-refractivity contribution < 1.29 is 31.9 Å². The molecule has 0 bridgehead atoms. The number of benzene rings is 2. The van der Waals surface area contributed by atoms with Crippen molar-refractivity contribution >= 4 is 28.1 Å². The highest BCUT2D eigenvalue weighted by atomic mass is 32.2. The fourth-order valence-corrected chi connectivity index (χ4v) is 4.64. The maximum absolute atomic E-state index is 12.7. The van der Waals surface area contributed by atoms with Gasteiger partial charge in [0.05, 0.1) is 24.5 Å². The molecule has 1 N–H and O–H groups in total. The number of sulfonamides is 1. The summed E-state index contributed by atoms with van der Waals surface area (Å²) in [6.07, 6.45) is 2.73. The molecule has 10 nitrogen and oxygen atoms in total. The Morgan fingerprint density at radius 3 is 2.49 bits per heavy atom. The largest absolute Gasteiger partial charge is 0.493 e. The van der Waals surface area contributed by atoms with Crippen LogP contribution in [-0.4, -0.2) is 51.0 Å². The van der Waals surface area contributed by atoms with Gasteiger partial charge in [0.1, 0.15) is 0 Å². The lowest BCUT2D eigenvalue weighted by molar-refractivity contribution is 0.0696. The number of esters is 1. The van der Waals surface area contributed by atoms with E-state index in [1.807, 2.05) is 0 Å². The van der Waals surface area contributed by atoms with Crippen LogP contribution in [-0.2, 0) is 10.0 Å². The van der Waals surface area contributed by atoms with E-state index in [0.717, 1.165) is 0 Å². The van der Waals surface area contributed by atoms with Gasteiger partial charge in [-0.05, 0) is 54.1 Å². The zero-order valence-electron chi connectivity index (χ0n) is 19.4. The average Bonchev–Trinajstić information content (AvgIpc) is 3.41. The van der Waals surface area contributed by atoms with E-state index in [9.17, 15) is 18.0 Å². The van der Waals surface area contributed by atoms with Crippen LogP contribution in [0.2, 0.25) is 0 Å². The Morgan fingerprint density at radius 1 is 1.06 bits per heavy atom. The van der Waals surface area contributed by atoms with Gasteiger partial charge >= 0.3 is 5.97 Å². The maximum atomic E-state index is 12.7. The predicted molar refractivity (Wildman–Crippen MR) is 128 cm³/mol. The molecule has 0 saturated carbocycles. The molecule has 0 atom stereocenters. The van der Waals surface area contributed by atoms with Gasteiger partial charge in [0.25, 0.3) is 5.91 Å². The van der Waals surface area contributed by atoms with E-state index in [1.165, 1.54) is 60.3 Å². The second kappa shape index (κ2) is 11.4. The molecular weight excluding hydrogens is 474 g/mol. The van der Waals surface area contributed by atoms with Gasteiger partial charge < -0.3 is 13.9 Å². The van der Waals surface area contributed by atoms with E-state index in [4.69, 9.17) is 13.9 Å². The summed E-state index contributed by atoms with van der Waals surface area (Å²) in [5, 5.41) is 3.92. The van der Waals surface area contributed by atoms with Crippen LogP contribution in [0.15, 0.2) is 75.3 Å². The summed E-state index contributed by atoms with van der Waals surface area (Å²) in [6.45, 7) is 4.14.